The van der Waals surface area contributed by atoms with Crippen LogP contribution in [0.15, 0.2) is 60.7 Å². The first-order valence-electron chi connectivity index (χ1n) is 11.0. The summed E-state index contributed by atoms with van der Waals surface area (Å²) in [5.41, 5.74) is 1.86. The molecule has 0 aliphatic rings. The van der Waals surface area contributed by atoms with Crippen molar-refractivity contribution < 1.29 is 27.8 Å². The molecule has 0 aliphatic heterocycles. The SMILES string of the molecule is CCCC[C@@H](Oc1ccc(CCC(=O)O)cc1Cl)c1cccc(-c2ccc(C(F)(F)F)cc2)n1. The molecule has 0 fully saturated rings. The highest BCUT2D eigenvalue weighted by Crippen LogP contribution is 2.34. The summed E-state index contributed by atoms with van der Waals surface area (Å²) in [6.07, 6.45) is -1.92. The molecule has 1 aromatic heterocycles. The number of aryl methyl sites for hydroxylation is 1. The van der Waals surface area contributed by atoms with Gasteiger partial charge in [-0.1, -0.05) is 49.2 Å². The summed E-state index contributed by atoms with van der Waals surface area (Å²) in [7, 11) is 0. The van der Waals surface area contributed by atoms with E-state index in [-0.39, 0.29) is 6.42 Å². The summed E-state index contributed by atoms with van der Waals surface area (Å²) in [5, 5.41) is 9.24. The van der Waals surface area contributed by atoms with Crippen LogP contribution in [0.2, 0.25) is 5.02 Å². The maximum absolute atomic E-state index is 12.9. The number of pyridine rings is 1. The summed E-state index contributed by atoms with van der Waals surface area (Å²) in [6.45, 7) is 2.06. The van der Waals surface area contributed by atoms with Crippen LogP contribution in [0.4, 0.5) is 13.2 Å². The Hall–Kier alpha value is -3.06. The number of ether oxygens (including phenoxy) is 1. The second-order valence-corrected chi connectivity index (χ2v) is 8.34. The highest BCUT2D eigenvalue weighted by Gasteiger charge is 2.30. The van der Waals surface area contributed by atoms with Crippen molar-refractivity contribution in [1.82, 2.24) is 4.98 Å². The van der Waals surface area contributed by atoms with Crippen molar-refractivity contribution in [1.29, 1.82) is 0 Å². The number of halogens is 4. The van der Waals surface area contributed by atoms with Crippen LogP contribution < -0.4 is 4.74 Å². The number of alkyl halides is 3. The summed E-state index contributed by atoms with van der Waals surface area (Å²) in [6, 6.07) is 15.5. The minimum atomic E-state index is -4.39. The molecule has 1 atom stereocenters. The van der Waals surface area contributed by atoms with Crippen molar-refractivity contribution >= 4 is 17.6 Å². The van der Waals surface area contributed by atoms with Gasteiger partial charge in [-0.2, -0.15) is 13.2 Å². The predicted octanol–water partition coefficient (Wildman–Crippen LogP) is 7.75. The fraction of sp³-hybridized carbons (Fsp3) is 0.308. The summed E-state index contributed by atoms with van der Waals surface area (Å²) in [4.78, 5) is 15.5. The van der Waals surface area contributed by atoms with E-state index in [2.05, 4.69) is 11.9 Å². The maximum atomic E-state index is 12.9. The van der Waals surface area contributed by atoms with Gasteiger partial charge in [-0.15, -0.1) is 0 Å². The fourth-order valence-corrected chi connectivity index (χ4v) is 3.73. The van der Waals surface area contributed by atoms with Crippen molar-refractivity contribution in [3.8, 4) is 17.0 Å². The van der Waals surface area contributed by atoms with E-state index in [1.165, 1.54) is 12.1 Å². The maximum Gasteiger partial charge on any atom is 0.416 e. The molecule has 180 valence electrons. The van der Waals surface area contributed by atoms with E-state index < -0.39 is 23.8 Å². The van der Waals surface area contributed by atoms with E-state index in [4.69, 9.17) is 21.4 Å². The molecule has 0 saturated heterocycles. The third kappa shape index (κ3) is 6.97. The van der Waals surface area contributed by atoms with Crippen molar-refractivity contribution in [2.45, 2.75) is 51.3 Å². The van der Waals surface area contributed by atoms with Gasteiger partial charge in [-0.3, -0.25) is 4.79 Å². The van der Waals surface area contributed by atoms with Crippen molar-refractivity contribution in [2.75, 3.05) is 0 Å². The van der Waals surface area contributed by atoms with Crippen LogP contribution in [0.25, 0.3) is 11.3 Å². The molecule has 0 radical (unpaired) electrons. The van der Waals surface area contributed by atoms with E-state index in [0.29, 0.717) is 40.6 Å². The zero-order valence-electron chi connectivity index (χ0n) is 18.6. The second kappa shape index (κ2) is 11.4. The lowest BCUT2D eigenvalue weighted by Gasteiger charge is -2.20. The number of hydrogen-bond acceptors (Lipinski definition) is 3. The van der Waals surface area contributed by atoms with E-state index in [1.54, 1.807) is 30.3 Å². The molecule has 4 nitrogen and oxygen atoms in total. The first-order valence-corrected chi connectivity index (χ1v) is 11.4. The second-order valence-electron chi connectivity index (χ2n) is 7.93. The zero-order chi connectivity index (χ0) is 24.7. The van der Waals surface area contributed by atoms with Crippen LogP contribution in [-0.2, 0) is 17.4 Å². The molecule has 8 heteroatoms. The quantitative estimate of drug-likeness (QED) is 0.315. The van der Waals surface area contributed by atoms with Gasteiger partial charge in [-0.25, -0.2) is 4.98 Å². The number of hydrogen-bond donors (Lipinski definition) is 1. The Morgan fingerprint density at radius 2 is 1.85 bits per heavy atom. The summed E-state index contributed by atoms with van der Waals surface area (Å²) >= 11 is 6.40. The van der Waals surface area contributed by atoms with Crippen molar-refractivity contribution in [3.05, 3.63) is 82.5 Å². The molecule has 34 heavy (non-hydrogen) atoms. The number of aromatic nitrogens is 1. The molecule has 0 amide bonds. The number of rotatable bonds is 10. The van der Waals surface area contributed by atoms with Crippen molar-refractivity contribution in [2.24, 2.45) is 0 Å². The van der Waals surface area contributed by atoms with Gasteiger partial charge in [0, 0.05) is 12.0 Å². The van der Waals surface area contributed by atoms with E-state index in [0.717, 1.165) is 30.5 Å². The van der Waals surface area contributed by atoms with Crippen LogP contribution in [0.1, 0.15) is 55.5 Å². The Balaban J connectivity index is 1.84. The molecule has 0 aliphatic carbocycles. The van der Waals surface area contributed by atoms with Crippen LogP contribution in [0, 0.1) is 0 Å². The number of carbonyl (C=O) groups is 1. The highest BCUT2D eigenvalue weighted by molar-refractivity contribution is 6.32. The van der Waals surface area contributed by atoms with Crippen molar-refractivity contribution in [3.63, 3.8) is 0 Å². The lowest BCUT2D eigenvalue weighted by Crippen LogP contribution is -2.10. The van der Waals surface area contributed by atoms with E-state index in [1.807, 2.05) is 6.07 Å². The zero-order valence-corrected chi connectivity index (χ0v) is 19.4. The van der Waals surface area contributed by atoms with Gasteiger partial charge in [0.25, 0.3) is 0 Å². The molecule has 1 N–H and O–H groups in total. The van der Waals surface area contributed by atoms with Crippen LogP contribution in [0.3, 0.4) is 0 Å². The molecule has 0 bridgehead atoms. The number of carboxylic acids is 1. The predicted molar refractivity (Wildman–Crippen MR) is 125 cm³/mol. The number of carboxylic acid groups (broad SMARTS) is 1. The lowest BCUT2D eigenvalue weighted by atomic mass is 10.1. The average molecular weight is 492 g/mol. The molecule has 2 aromatic carbocycles. The molecule has 0 unspecified atom stereocenters. The average Bonchev–Trinajstić information content (AvgIpc) is 2.81. The van der Waals surface area contributed by atoms with Gasteiger partial charge in [0.2, 0.25) is 0 Å². The molecule has 0 spiro atoms. The standard InChI is InChI=1S/C26H25ClF3NO3/c1-2-3-7-24(34-23-14-8-17(16-20(23)27)9-15-25(32)33)22-6-4-5-21(31-22)18-10-12-19(13-11-18)26(28,29)30/h4-6,8,10-14,16,24H,2-3,7,9,15H2,1H3,(H,32,33)/t24-/m1/s1. The number of nitrogens with zero attached hydrogens (tertiary/aromatic N) is 1. The lowest BCUT2D eigenvalue weighted by molar-refractivity contribution is -0.138. The Kier molecular flexibility index (Phi) is 8.56. The monoisotopic (exact) mass is 491 g/mol. The molecule has 1 heterocycles. The molecule has 0 saturated carbocycles. The Morgan fingerprint density at radius 1 is 1.12 bits per heavy atom. The Labute approximate surface area is 201 Å². The normalized spacial score (nSPS) is 12.4. The number of benzene rings is 2. The smallest absolute Gasteiger partial charge is 0.416 e. The molecule has 3 aromatic rings. The van der Waals surface area contributed by atoms with Crippen LogP contribution in [-0.4, -0.2) is 16.1 Å². The number of unbranched alkanes of at least 4 members (excludes halogenated alkanes) is 1. The van der Waals surface area contributed by atoms with Crippen LogP contribution >= 0.6 is 11.6 Å². The van der Waals surface area contributed by atoms with E-state index >= 15 is 0 Å². The summed E-state index contributed by atoms with van der Waals surface area (Å²) in [5.74, 6) is -0.418. The Morgan fingerprint density at radius 3 is 2.47 bits per heavy atom. The van der Waals surface area contributed by atoms with Gasteiger partial charge >= 0.3 is 12.1 Å². The van der Waals surface area contributed by atoms with Gasteiger partial charge in [-0.05, 0) is 61.2 Å². The highest BCUT2D eigenvalue weighted by atomic mass is 35.5. The summed E-state index contributed by atoms with van der Waals surface area (Å²) < 4.78 is 44.9. The topological polar surface area (TPSA) is 59.4 Å². The molecular formula is C26H25ClF3NO3. The fourth-order valence-electron chi connectivity index (χ4n) is 3.48. The van der Waals surface area contributed by atoms with E-state index in [9.17, 15) is 18.0 Å². The third-order valence-electron chi connectivity index (χ3n) is 5.32. The first-order chi connectivity index (χ1) is 16.2. The Bertz CT molecular complexity index is 1120. The third-order valence-corrected chi connectivity index (χ3v) is 5.62. The van der Waals surface area contributed by atoms with Gasteiger partial charge in [0.1, 0.15) is 11.9 Å². The number of aliphatic carboxylic acids is 1. The largest absolute Gasteiger partial charge is 0.483 e. The first kappa shape index (κ1) is 25.6. The van der Waals surface area contributed by atoms with Gasteiger partial charge in [0.15, 0.2) is 0 Å². The minimum Gasteiger partial charge on any atom is -0.483 e. The van der Waals surface area contributed by atoms with Crippen LogP contribution in [0.5, 0.6) is 5.75 Å². The molecular weight excluding hydrogens is 467 g/mol. The van der Waals surface area contributed by atoms with Gasteiger partial charge < -0.3 is 9.84 Å². The van der Waals surface area contributed by atoms with Gasteiger partial charge in [0.05, 0.1) is 22.0 Å². The minimum absolute atomic E-state index is 0.0102. The molecule has 3 rings (SSSR count).